The summed E-state index contributed by atoms with van der Waals surface area (Å²) in [5, 5.41) is 13.8. The normalized spacial score (nSPS) is 22.4. The molecule has 2 unspecified atom stereocenters. The second kappa shape index (κ2) is 6.72. The summed E-state index contributed by atoms with van der Waals surface area (Å²) in [6.07, 6.45) is 2.86. The number of carbonyl (C=O) groups is 3. The van der Waals surface area contributed by atoms with E-state index < -0.39 is 23.3 Å². The van der Waals surface area contributed by atoms with Crippen LogP contribution >= 0.6 is 0 Å². The van der Waals surface area contributed by atoms with Gasteiger partial charge in [-0.3, -0.25) is 14.9 Å². The monoisotopic (exact) mass is 284 g/mol. The zero-order chi connectivity index (χ0) is 15.3. The molecule has 1 aliphatic rings. The van der Waals surface area contributed by atoms with Gasteiger partial charge in [-0.05, 0) is 30.6 Å². The topological polar surface area (TPSA) is 95.5 Å². The third kappa shape index (κ3) is 6.04. The minimum absolute atomic E-state index is 0.00773. The molecule has 20 heavy (non-hydrogen) atoms. The van der Waals surface area contributed by atoms with Crippen LogP contribution in [-0.4, -0.2) is 29.1 Å². The van der Waals surface area contributed by atoms with Gasteiger partial charge in [-0.15, -0.1) is 0 Å². The Kier molecular flexibility index (Phi) is 5.53. The molecule has 1 aliphatic carbocycles. The Morgan fingerprint density at radius 1 is 1.20 bits per heavy atom. The van der Waals surface area contributed by atoms with Crippen molar-refractivity contribution < 1.29 is 19.5 Å². The van der Waals surface area contributed by atoms with Gasteiger partial charge in [-0.25, -0.2) is 4.79 Å². The van der Waals surface area contributed by atoms with Crippen LogP contribution in [0.25, 0.3) is 0 Å². The number of aliphatic carboxylic acids is 1. The van der Waals surface area contributed by atoms with Crippen molar-refractivity contribution in [3.63, 3.8) is 0 Å². The highest BCUT2D eigenvalue weighted by atomic mass is 16.4. The molecule has 114 valence electrons. The fourth-order valence-corrected chi connectivity index (χ4v) is 2.64. The Morgan fingerprint density at radius 2 is 1.85 bits per heavy atom. The largest absolute Gasteiger partial charge is 0.481 e. The minimum Gasteiger partial charge on any atom is -0.481 e. The molecular weight excluding hydrogens is 260 g/mol. The fourth-order valence-electron chi connectivity index (χ4n) is 2.64. The van der Waals surface area contributed by atoms with Gasteiger partial charge in [0.1, 0.15) is 0 Å². The zero-order valence-electron chi connectivity index (χ0n) is 12.4. The van der Waals surface area contributed by atoms with Crippen LogP contribution in [0.15, 0.2) is 0 Å². The number of amides is 3. The van der Waals surface area contributed by atoms with Gasteiger partial charge < -0.3 is 10.4 Å². The van der Waals surface area contributed by atoms with Gasteiger partial charge in [-0.1, -0.05) is 20.8 Å². The lowest BCUT2D eigenvalue weighted by atomic mass is 9.85. The van der Waals surface area contributed by atoms with Crippen molar-refractivity contribution in [2.45, 2.75) is 58.9 Å². The lowest BCUT2D eigenvalue weighted by molar-refractivity contribution is -0.139. The van der Waals surface area contributed by atoms with Crippen LogP contribution < -0.4 is 10.6 Å². The number of urea groups is 1. The van der Waals surface area contributed by atoms with Crippen LogP contribution in [0.3, 0.4) is 0 Å². The highest BCUT2D eigenvalue weighted by Gasteiger charge is 2.27. The molecule has 0 aromatic carbocycles. The van der Waals surface area contributed by atoms with Crippen LogP contribution in [0.1, 0.15) is 52.9 Å². The van der Waals surface area contributed by atoms with E-state index in [1.165, 1.54) is 0 Å². The van der Waals surface area contributed by atoms with Crippen molar-refractivity contribution in [2.75, 3.05) is 0 Å². The molecule has 3 amide bonds. The average Bonchev–Trinajstić information content (AvgIpc) is 2.59. The first-order valence-electron chi connectivity index (χ1n) is 7.00. The van der Waals surface area contributed by atoms with E-state index in [-0.39, 0.29) is 18.9 Å². The van der Waals surface area contributed by atoms with E-state index in [0.29, 0.717) is 5.92 Å². The van der Waals surface area contributed by atoms with E-state index in [2.05, 4.69) is 17.6 Å². The molecule has 1 saturated carbocycles. The van der Waals surface area contributed by atoms with Crippen LogP contribution in [0.2, 0.25) is 0 Å². The number of rotatable bonds is 5. The molecular formula is C14H24N2O4. The molecule has 0 bridgehead atoms. The predicted molar refractivity (Wildman–Crippen MR) is 74.1 cm³/mol. The fraction of sp³-hybridized carbons (Fsp3) is 0.786. The van der Waals surface area contributed by atoms with Gasteiger partial charge in [0.05, 0.1) is 6.42 Å². The summed E-state index contributed by atoms with van der Waals surface area (Å²) in [5.74, 6) is -0.794. The van der Waals surface area contributed by atoms with Gasteiger partial charge in [0, 0.05) is 12.5 Å². The van der Waals surface area contributed by atoms with E-state index in [0.717, 1.165) is 19.3 Å². The molecule has 6 nitrogen and oxygen atoms in total. The van der Waals surface area contributed by atoms with E-state index in [1.807, 2.05) is 0 Å². The van der Waals surface area contributed by atoms with Crippen LogP contribution in [0.4, 0.5) is 4.79 Å². The maximum absolute atomic E-state index is 11.7. The molecule has 0 saturated heterocycles. The molecule has 0 aromatic rings. The van der Waals surface area contributed by atoms with E-state index in [1.54, 1.807) is 13.8 Å². The third-order valence-corrected chi connectivity index (χ3v) is 3.55. The molecule has 0 aromatic heterocycles. The maximum atomic E-state index is 11.7. The summed E-state index contributed by atoms with van der Waals surface area (Å²) in [4.78, 5) is 34.1. The average molecular weight is 284 g/mol. The molecule has 1 rings (SSSR count). The number of carboxylic acids is 1. The van der Waals surface area contributed by atoms with Crippen molar-refractivity contribution in [2.24, 2.45) is 11.3 Å². The number of nitrogens with one attached hydrogen (secondary N) is 2. The standard InChI is InChI=1S/C14H24N2O4/c1-9-4-5-10(6-9)15-13(20)16-11(17)7-14(2,3)8-12(18)19/h9-10H,4-8H2,1-3H3,(H,18,19)(H2,15,16,17,20). The summed E-state index contributed by atoms with van der Waals surface area (Å²) in [7, 11) is 0. The quantitative estimate of drug-likeness (QED) is 0.718. The van der Waals surface area contributed by atoms with Crippen molar-refractivity contribution in [1.29, 1.82) is 0 Å². The lowest BCUT2D eigenvalue weighted by Crippen LogP contribution is -2.44. The Morgan fingerprint density at radius 3 is 2.35 bits per heavy atom. The summed E-state index contributed by atoms with van der Waals surface area (Å²) < 4.78 is 0. The molecule has 0 radical (unpaired) electrons. The van der Waals surface area contributed by atoms with Crippen molar-refractivity contribution in [1.82, 2.24) is 10.6 Å². The number of carbonyl (C=O) groups excluding carboxylic acids is 2. The molecule has 6 heteroatoms. The van der Waals surface area contributed by atoms with E-state index in [9.17, 15) is 14.4 Å². The Balaban J connectivity index is 2.34. The first-order chi connectivity index (χ1) is 9.18. The zero-order valence-corrected chi connectivity index (χ0v) is 12.4. The molecule has 1 fully saturated rings. The predicted octanol–water partition coefficient (Wildman–Crippen LogP) is 1.89. The smallest absolute Gasteiger partial charge is 0.321 e. The van der Waals surface area contributed by atoms with Crippen molar-refractivity contribution in [3.05, 3.63) is 0 Å². The number of imide groups is 1. The SMILES string of the molecule is CC1CCC(NC(=O)NC(=O)CC(C)(C)CC(=O)O)C1. The van der Waals surface area contributed by atoms with Crippen molar-refractivity contribution >= 4 is 17.9 Å². The lowest BCUT2D eigenvalue weighted by Gasteiger charge is -2.21. The van der Waals surface area contributed by atoms with E-state index in [4.69, 9.17) is 5.11 Å². The highest BCUT2D eigenvalue weighted by molar-refractivity contribution is 5.94. The highest BCUT2D eigenvalue weighted by Crippen LogP contribution is 2.25. The van der Waals surface area contributed by atoms with Gasteiger partial charge in [-0.2, -0.15) is 0 Å². The maximum Gasteiger partial charge on any atom is 0.321 e. The van der Waals surface area contributed by atoms with Gasteiger partial charge >= 0.3 is 12.0 Å². The van der Waals surface area contributed by atoms with Gasteiger partial charge in [0.15, 0.2) is 0 Å². The number of carboxylic acid groups (broad SMARTS) is 1. The molecule has 0 heterocycles. The summed E-state index contributed by atoms with van der Waals surface area (Å²) >= 11 is 0. The van der Waals surface area contributed by atoms with Crippen LogP contribution in [0, 0.1) is 11.3 Å². The summed E-state index contributed by atoms with van der Waals surface area (Å²) in [5.41, 5.74) is -0.669. The molecule has 3 N–H and O–H groups in total. The number of hydrogen-bond acceptors (Lipinski definition) is 3. The second-order valence-corrected chi connectivity index (χ2v) is 6.55. The minimum atomic E-state index is -0.952. The molecule has 2 atom stereocenters. The van der Waals surface area contributed by atoms with Gasteiger partial charge in [0.25, 0.3) is 0 Å². The second-order valence-electron chi connectivity index (χ2n) is 6.55. The molecule has 0 spiro atoms. The van der Waals surface area contributed by atoms with E-state index >= 15 is 0 Å². The number of hydrogen-bond donors (Lipinski definition) is 3. The summed E-state index contributed by atoms with van der Waals surface area (Å²) in [6, 6.07) is -0.356. The first-order valence-corrected chi connectivity index (χ1v) is 7.00. The van der Waals surface area contributed by atoms with Crippen LogP contribution in [-0.2, 0) is 9.59 Å². The van der Waals surface area contributed by atoms with Crippen LogP contribution in [0.5, 0.6) is 0 Å². The third-order valence-electron chi connectivity index (χ3n) is 3.55. The Hall–Kier alpha value is -1.59. The first kappa shape index (κ1) is 16.5. The van der Waals surface area contributed by atoms with Crippen molar-refractivity contribution in [3.8, 4) is 0 Å². The summed E-state index contributed by atoms with van der Waals surface area (Å²) in [6.45, 7) is 5.52. The van der Waals surface area contributed by atoms with Gasteiger partial charge in [0.2, 0.25) is 5.91 Å². The Labute approximate surface area is 119 Å². The molecule has 0 aliphatic heterocycles. The Bertz CT molecular complexity index is 393.